The summed E-state index contributed by atoms with van der Waals surface area (Å²) in [6.07, 6.45) is -2.33. The number of amides is 2. The summed E-state index contributed by atoms with van der Waals surface area (Å²) >= 11 is 0. The Bertz CT molecular complexity index is 354. The van der Waals surface area contributed by atoms with Crippen LogP contribution in [-0.2, 0) is 4.79 Å². The summed E-state index contributed by atoms with van der Waals surface area (Å²) in [4.78, 5) is 23.9. The first-order chi connectivity index (χ1) is 9.19. The number of hydrogen-bond donors (Lipinski definition) is 2. The molecular formula is C12H19F3N2O3. The zero-order valence-electron chi connectivity index (χ0n) is 11.2. The number of aliphatic carboxylic acids is 1. The average molecular weight is 296 g/mol. The van der Waals surface area contributed by atoms with Gasteiger partial charge in [0.25, 0.3) is 0 Å². The highest BCUT2D eigenvalue weighted by molar-refractivity contribution is 5.80. The Morgan fingerprint density at radius 3 is 2.35 bits per heavy atom. The lowest BCUT2D eigenvalue weighted by Gasteiger charge is -2.29. The van der Waals surface area contributed by atoms with Gasteiger partial charge in [-0.15, -0.1) is 0 Å². The van der Waals surface area contributed by atoms with Gasteiger partial charge >= 0.3 is 18.2 Å². The van der Waals surface area contributed by atoms with Gasteiger partial charge in [-0.25, -0.2) is 4.79 Å². The highest BCUT2D eigenvalue weighted by atomic mass is 19.4. The molecule has 0 heterocycles. The van der Waals surface area contributed by atoms with Crippen molar-refractivity contribution in [2.24, 2.45) is 0 Å². The monoisotopic (exact) mass is 296 g/mol. The second kappa shape index (κ2) is 6.81. The van der Waals surface area contributed by atoms with Gasteiger partial charge in [0.2, 0.25) is 0 Å². The molecule has 0 bridgehead atoms. The predicted octanol–water partition coefficient (Wildman–Crippen LogP) is 2.37. The van der Waals surface area contributed by atoms with Gasteiger partial charge in [0.05, 0.1) is 6.42 Å². The van der Waals surface area contributed by atoms with Crippen molar-refractivity contribution in [3.8, 4) is 0 Å². The number of carbonyl (C=O) groups excluding carboxylic acids is 1. The molecule has 20 heavy (non-hydrogen) atoms. The predicted molar refractivity (Wildman–Crippen MR) is 65.3 cm³/mol. The van der Waals surface area contributed by atoms with E-state index >= 15 is 0 Å². The van der Waals surface area contributed by atoms with Crippen molar-refractivity contribution in [1.29, 1.82) is 0 Å². The normalized spacial score (nSPS) is 17.8. The van der Waals surface area contributed by atoms with Crippen LogP contribution in [-0.4, -0.2) is 46.8 Å². The van der Waals surface area contributed by atoms with Crippen molar-refractivity contribution in [3.05, 3.63) is 0 Å². The molecule has 116 valence electrons. The first-order valence-corrected chi connectivity index (χ1v) is 6.54. The summed E-state index contributed by atoms with van der Waals surface area (Å²) in [5.74, 6) is -1.17. The maximum atomic E-state index is 12.2. The molecule has 1 rings (SSSR count). The maximum Gasteiger partial charge on any atom is 0.391 e. The van der Waals surface area contributed by atoms with Crippen LogP contribution in [0.4, 0.5) is 18.0 Å². The van der Waals surface area contributed by atoms with Gasteiger partial charge in [0.1, 0.15) is 6.54 Å². The van der Waals surface area contributed by atoms with Gasteiger partial charge in [0, 0.05) is 12.1 Å². The average Bonchev–Trinajstić information content (AvgIpc) is 2.75. The molecule has 1 saturated carbocycles. The number of carboxylic acid groups (broad SMARTS) is 1. The number of hydrogen-bond acceptors (Lipinski definition) is 2. The number of carboxylic acids is 1. The largest absolute Gasteiger partial charge is 0.480 e. The molecule has 1 unspecified atom stereocenters. The Kier molecular flexibility index (Phi) is 5.64. The Hall–Kier alpha value is -1.47. The Morgan fingerprint density at radius 2 is 1.90 bits per heavy atom. The summed E-state index contributed by atoms with van der Waals surface area (Å²) in [6.45, 7) is 0.758. The molecule has 0 aromatic carbocycles. The molecule has 0 spiro atoms. The zero-order chi connectivity index (χ0) is 15.3. The summed E-state index contributed by atoms with van der Waals surface area (Å²) < 4.78 is 36.6. The maximum absolute atomic E-state index is 12.2. The van der Waals surface area contributed by atoms with Crippen LogP contribution < -0.4 is 5.32 Å². The smallest absolute Gasteiger partial charge is 0.391 e. The number of nitrogens with zero attached hydrogens (tertiary/aromatic N) is 1. The van der Waals surface area contributed by atoms with E-state index in [0.29, 0.717) is 12.8 Å². The SMILES string of the molecule is CC(CC(F)(F)F)NC(=O)N(CC(=O)O)C1CCCC1. The van der Waals surface area contributed by atoms with Crippen molar-refractivity contribution >= 4 is 12.0 Å². The number of alkyl halides is 3. The van der Waals surface area contributed by atoms with Gasteiger partial charge in [0.15, 0.2) is 0 Å². The Morgan fingerprint density at radius 1 is 1.35 bits per heavy atom. The number of nitrogens with one attached hydrogen (secondary N) is 1. The third-order valence-electron chi connectivity index (χ3n) is 3.24. The Labute approximate surface area is 115 Å². The lowest BCUT2D eigenvalue weighted by Crippen LogP contribution is -2.50. The quantitative estimate of drug-likeness (QED) is 0.818. The van der Waals surface area contributed by atoms with Crippen molar-refractivity contribution in [2.75, 3.05) is 6.54 Å². The van der Waals surface area contributed by atoms with Gasteiger partial charge in [-0.1, -0.05) is 12.8 Å². The standard InChI is InChI=1S/C12H19F3N2O3/c1-8(6-12(13,14)15)16-11(20)17(7-10(18)19)9-4-2-3-5-9/h8-9H,2-7H2,1H3,(H,16,20)(H,18,19). The van der Waals surface area contributed by atoms with Crippen LogP contribution in [0.25, 0.3) is 0 Å². The lowest BCUT2D eigenvalue weighted by molar-refractivity contribution is -0.140. The molecule has 0 aromatic rings. The second-order valence-corrected chi connectivity index (χ2v) is 5.13. The molecule has 0 aromatic heterocycles. The van der Waals surface area contributed by atoms with Crippen LogP contribution in [0, 0.1) is 0 Å². The van der Waals surface area contributed by atoms with E-state index in [2.05, 4.69) is 5.32 Å². The topological polar surface area (TPSA) is 69.6 Å². The molecule has 1 aliphatic carbocycles. The molecular weight excluding hydrogens is 277 g/mol. The molecule has 2 N–H and O–H groups in total. The van der Waals surface area contributed by atoms with E-state index in [4.69, 9.17) is 5.11 Å². The molecule has 5 nitrogen and oxygen atoms in total. The molecule has 1 fully saturated rings. The van der Waals surface area contributed by atoms with Crippen LogP contribution in [0.3, 0.4) is 0 Å². The van der Waals surface area contributed by atoms with E-state index in [0.717, 1.165) is 17.7 Å². The molecule has 0 radical (unpaired) electrons. The van der Waals surface area contributed by atoms with Gasteiger partial charge < -0.3 is 15.3 Å². The third kappa shape index (κ3) is 5.66. The second-order valence-electron chi connectivity index (χ2n) is 5.13. The van der Waals surface area contributed by atoms with Crippen LogP contribution >= 0.6 is 0 Å². The highest BCUT2D eigenvalue weighted by Gasteiger charge is 2.33. The van der Waals surface area contributed by atoms with E-state index in [9.17, 15) is 22.8 Å². The summed E-state index contributed by atoms with van der Waals surface area (Å²) in [5.41, 5.74) is 0. The molecule has 8 heteroatoms. The fraction of sp³-hybridized carbons (Fsp3) is 0.833. The minimum atomic E-state index is -4.36. The number of rotatable bonds is 5. The van der Waals surface area contributed by atoms with Crippen LogP contribution in [0.1, 0.15) is 39.0 Å². The van der Waals surface area contributed by atoms with Gasteiger partial charge in [-0.05, 0) is 19.8 Å². The van der Waals surface area contributed by atoms with E-state index in [1.807, 2.05) is 0 Å². The zero-order valence-corrected chi connectivity index (χ0v) is 11.2. The third-order valence-corrected chi connectivity index (χ3v) is 3.24. The van der Waals surface area contributed by atoms with Gasteiger partial charge in [-0.3, -0.25) is 4.79 Å². The number of urea groups is 1. The number of carbonyl (C=O) groups is 2. The summed E-state index contributed by atoms with van der Waals surface area (Å²) in [7, 11) is 0. The van der Waals surface area contributed by atoms with E-state index < -0.39 is 37.2 Å². The first kappa shape index (κ1) is 16.6. The lowest BCUT2D eigenvalue weighted by atomic mass is 10.2. The van der Waals surface area contributed by atoms with Crippen molar-refractivity contribution in [1.82, 2.24) is 10.2 Å². The summed E-state index contributed by atoms with van der Waals surface area (Å²) in [6, 6.07) is -2.03. The molecule has 0 aliphatic heterocycles. The molecule has 1 aliphatic rings. The fourth-order valence-electron chi connectivity index (χ4n) is 2.42. The van der Waals surface area contributed by atoms with Crippen LogP contribution in [0.2, 0.25) is 0 Å². The first-order valence-electron chi connectivity index (χ1n) is 6.54. The van der Waals surface area contributed by atoms with Gasteiger partial charge in [-0.2, -0.15) is 13.2 Å². The molecule has 2 amide bonds. The van der Waals surface area contributed by atoms with Crippen LogP contribution in [0.15, 0.2) is 0 Å². The van der Waals surface area contributed by atoms with Crippen molar-refractivity contribution in [2.45, 2.75) is 57.3 Å². The van der Waals surface area contributed by atoms with E-state index in [1.54, 1.807) is 0 Å². The minimum absolute atomic E-state index is 0.204. The van der Waals surface area contributed by atoms with E-state index in [-0.39, 0.29) is 6.04 Å². The van der Waals surface area contributed by atoms with Crippen molar-refractivity contribution < 1.29 is 27.9 Å². The summed E-state index contributed by atoms with van der Waals surface area (Å²) in [5, 5.41) is 11.0. The number of halogens is 3. The van der Waals surface area contributed by atoms with Crippen molar-refractivity contribution in [3.63, 3.8) is 0 Å². The van der Waals surface area contributed by atoms with Crippen LogP contribution in [0.5, 0.6) is 0 Å². The fourth-order valence-corrected chi connectivity index (χ4v) is 2.42. The Balaban J connectivity index is 2.60. The minimum Gasteiger partial charge on any atom is -0.480 e. The molecule has 0 saturated heterocycles. The highest BCUT2D eigenvalue weighted by Crippen LogP contribution is 2.24. The molecule has 1 atom stereocenters. The van der Waals surface area contributed by atoms with E-state index in [1.165, 1.54) is 6.92 Å².